The molecule has 109 heavy (non-hydrogen) atoms. The fraction of sp³-hybridized carbons (Fsp3) is 0.656. The molecule has 0 aromatic heterocycles. The third-order valence-corrected chi connectivity index (χ3v) is 27.1. The number of halogens is 4. The van der Waals surface area contributed by atoms with E-state index in [1.54, 1.807) is 20.8 Å². The van der Waals surface area contributed by atoms with Crippen molar-refractivity contribution in [1.82, 2.24) is 5.32 Å². The molecule has 20 rings (SSSR count). The van der Waals surface area contributed by atoms with Gasteiger partial charge in [0.05, 0.1) is 17.5 Å². The van der Waals surface area contributed by atoms with Crippen LogP contribution in [0.2, 0.25) is 0 Å². The Morgan fingerprint density at radius 2 is 0.706 bits per heavy atom. The van der Waals surface area contributed by atoms with E-state index in [0.717, 1.165) is 170 Å². The second-order valence-corrected chi connectivity index (χ2v) is 37.2. The molecule has 4 aromatic rings. The second-order valence-electron chi connectivity index (χ2n) is 36.0. The molecule has 16 aliphatic carbocycles. The molecule has 0 spiro atoms. The molecule has 16 bridgehead atoms. The van der Waals surface area contributed by atoms with Crippen LogP contribution in [-0.4, -0.2) is 81.4 Å². The lowest BCUT2D eigenvalue weighted by Crippen LogP contribution is -3.00. The summed E-state index contributed by atoms with van der Waals surface area (Å²) >= 11 is 15.3. The van der Waals surface area contributed by atoms with Gasteiger partial charge in [0.25, 0.3) is 0 Å². The zero-order valence-electron chi connectivity index (χ0n) is 64.1. The summed E-state index contributed by atoms with van der Waals surface area (Å²) in [6.45, 7) is 5.41. The number of alkyl carbamates (subject to hydrolysis) is 1. The lowest BCUT2D eigenvalue weighted by atomic mass is 9.48. The fourth-order valence-corrected chi connectivity index (χ4v) is 24.0. The van der Waals surface area contributed by atoms with Crippen LogP contribution in [0, 0.1) is 92.7 Å². The summed E-state index contributed by atoms with van der Waals surface area (Å²) in [7, 11) is 0. The van der Waals surface area contributed by atoms with Crippen LogP contribution < -0.4 is 29.2 Å². The van der Waals surface area contributed by atoms with Crippen molar-refractivity contribution in [2.24, 2.45) is 98.4 Å². The number of aliphatic hydroxyl groups is 2. The van der Waals surface area contributed by atoms with Crippen molar-refractivity contribution >= 4 is 75.4 Å². The van der Waals surface area contributed by atoms with Crippen LogP contribution in [0.3, 0.4) is 0 Å². The molecule has 1 amide bonds. The third kappa shape index (κ3) is 23.3. The van der Waals surface area contributed by atoms with E-state index in [4.69, 9.17) is 54.7 Å². The predicted molar refractivity (Wildman–Crippen MR) is 424 cm³/mol. The van der Waals surface area contributed by atoms with E-state index in [1.165, 1.54) is 77.0 Å². The number of alkyl halides is 2. The van der Waals surface area contributed by atoms with Gasteiger partial charge in [0.1, 0.15) is 41.7 Å². The van der Waals surface area contributed by atoms with Crippen LogP contribution in [0.1, 0.15) is 267 Å². The molecule has 15 nitrogen and oxygen atoms in total. The minimum atomic E-state index is -0.660. The number of ketones is 3. The molecule has 0 aliphatic heterocycles. The normalized spacial score (nSPS) is 31.7. The van der Waals surface area contributed by atoms with Crippen LogP contribution >= 0.6 is 34.8 Å². The lowest BCUT2D eigenvalue weighted by molar-refractivity contribution is -0.360. The minimum Gasteiger partial charge on any atom is -1.00 e. The van der Waals surface area contributed by atoms with E-state index in [9.17, 15) is 43.8 Å². The van der Waals surface area contributed by atoms with Gasteiger partial charge in [-0.05, 0) is 299 Å². The predicted octanol–water partition coefficient (Wildman–Crippen LogP) is 15.4. The van der Waals surface area contributed by atoms with Gasteiger partial charge in [-0.3, -0.25) is 24.0 Å². The average Bonchev–Trinajstić information content (AvgIpc) is 0.793. The largest absolute Gasteiger partial charge is 1.00 e. The van der Waals surface area contributed by atoms with Gasteiger partial charge in [0, 0.05) is 47.5 Å². The molecule has 0 saturated heterocycles. The molecule has 4 atom stereocenters. The quantitative estimate of drug-likeness (QED) is 0.0201. The number of aliphatic hydroxyl groups excluding tert-OH is 2. The molecule has 600 valence electrons. The summed E-state index contributed by atoms with van der Waals surface area (Å²) in [5, 5.41) is 22.1. The van der Waals surface area contributed by atoms with Gasteiger partial charge < -0.3 is 53.6 Å². The Labute approximate surface area is 670 Å². The lowest BCUT2D eigenvalue weighted by Gasteiger charge is -2.56. The number of Topliss-reactive ketones (excluding diaryl/α,β-unsaturated/α-hetero) is 3. The third-order valence-electron chi connectivity index (χ3n) is 26.7. The first-order valence-electron chi connectivity index (χ1n) is 40.6. The number of rotatable bonds is 23. The number of carbonyl (C=O) groups is 7. The maximum Gasteiger partial charge on any atom is 0.408 e. The van der Waals surface area contributed by atoms with Gasteiger partial charge >= 0.3 is 18.0 Å². The van der Waals surface area contributed by atoms with Crippen molar-refractivity contribution in [1.29, 1.82) is 0 Å². The molecular weight excluding hydrogens is 1460 g/mol. The van der Waals surface area contributed by atoms with Gasteiger partial charge in [0.2, 0.25) is 5.24 Å². The molecule has 16 fully saturated rings. The summed E-state index contributed by atoms with van der Waals surface area (Å²) in [6.07, 6.45) is 29.9. The zero-order valence-corrected chi connectivity index (χ0v) is 67.1. The molecule has 4 aromatic carbocycles. The number of quaternary nitrogens is 1. The smallest absolute Gasteiger partial charge is 0.408 e. The number of nitrogens with two attached hydrogens (primary N) is 1. The number of amides is 1. The number of carbonyl (C=O) groups excluding carboxylic acids is 7. The van der Waals surface area contributed by atoms with Gasteiger partial charge in [-0.15, -0.1) is 23.2 Å². The summed E-state index contributed by atoms with van der Waals surface area (Å²) in [6, 6.07) is 38.4. The SMILES string of the molecule is C.CC(C)(C)OC(=O)NCC(=O)O[C@H](CCC(=O)C12CC3CC(CC(C3)C1)C2)c1ccccc1.ClCCl.NC[C@@H](O)c1ccccc1.O=C(CC[C@@H](O)c1ccccc1)C12CC3CC(CC(C3)C1)C2.O=C(Cl)C12CC3CC(CC(C3)C1)C2.[Cl-].[NH3+]CC(=O)O[C@H](CCC(=O)C12CC3CC(CC(C3)C1)C2)c1ccccc1. The summed E-state index contributed by atoms with van der Waals surface area (Å²) in [5.74, 6) is 9.80. The molecule has 16 aliphatic rings. The molecule has 0 heterocycles. The number of hydrogen-bond acceptors (Lipinski definition) is 13. The van der Waals surface area contributed by atoms with Crippen LogP contribution in [0.25, 0.3) is 0 Å². The number of ether oxygens (including phenoxy) is 3. The standard InChI is InChI=1S/C27H37NO5.C22H29NO3.C20H26O2.C11H15ClO.C8H11NO.CH2Cl2.CH4.ClH/c1-26(2,3)33-25(31)28-17-24(30)32-22(21-7-5-4-6-8-21)9-10-23(29)27-14-18-11-19(15-27)13-20(12-18)16-27;23-14-21(25)26-19(18-4-2-1-3-5-18)6-7-20(24)22-11-15-8-16(12-22)10-17(9-15)13-22;21-18(17-4-2-1-3-5-17)6-7-19(22)20-11-14-8-15(12-20)10-16(9-14)13-20;12-10(13)11-4-7-1-8(5-11)3-9(2-7)6-11;9-6-8(10)7-4-2-1-3-5-7;2-1-3;;/h4-8,18-20,22H,9-17H2,1-3H3,(H,28,31);1-5,15-17,19H,6-14,23H2;1-5,14-16,18,21H,6-13H2;7-9H,1-6H2;1-5,8,10H,6,9H2;1H2;1H4;1H/t18?,19?,20?,22-,27?;15?,16?,17?,19-,22?;14?,15?,16?,18-,20?;;8-;;;/m111.1.../s1. The van der Waals surface area contributed by atoms with Crippen LogP contribution in [-0.2, 0) is 43.0 Å². The Morgan fingerprint density at radius 1 is 0.450 bits per heavy atom. The zero-order chi connectivity index (χ0) is 76.1. The van der Waals surface area contributed by atoms with Crippen molar-refractivity contribution in [3.05, 3.63) is 144 Å². The number of nitrogens with one attached hydrogen (secondary N) is 1. The molecular formula is C90H125Cl4N3O12. The van der Waals surface area contributed by atoms with Crippen LogP contribution in [0.5, 0.6) is 0 Å². The van der Waals surface area contributed by atoms with Gasteiger partial charge in [-0.25, -0.2) is 9.59 Å². The second kappa shape index (κ2) is 39.7. The van der Waals surface area contributed by atoms with E-state index in [2.05, 4.69) is 11.1 Å². The first-order valence-corrected chi connectivity index (χ1v) is 42.1. The Hall–Kier alpha value is -5.23. The Kier molecular flexibility index (Phi) is 31.9. The van der Waals surface area contributed by atoms with Gasteiger partial charge in [-0.2, -0.15) is 0 Å². The average molecular weight is 1580 g/mol. The van der Waals surface area contributed by atoms with Crippen LogP contribution in [0.4, 0.5) is 4.79 Å². The first-order chi connectivity index (χ1) is 51.3. The van der Waals surface area contributed by atoms with Crippen molar-refractivity contribution in [2.45, 2.75) is 251 Å². The van der Waals surface area contributed by atoms with E-state index < -0.39 is 36.0 Å². The summed E-state index contributed by atoms with van der Waals surface area (Å²) < 4.78 is 16.5. The van der Waals surface area contributed by atoms with Gasteiger partial charge in [0.15, 0.2) is 6.54 Å². The van der Waals surface area contributed by atoms with Gasteiger partial charge in [-0.1, -0.05) is 129 Å². The van der Waals surface area contributed by atoms with E-state index in [-0.39, 0.29) is 83.8 Å². The maximum atomic E-state index is 13.5. The van der Waals surface area contributed by atoms with Crippen LogP contribution in [0.15, 0.2) is 121 Å². The topological polar surface area (TPSA) is 253 Å². The van der Waals surface area contributed by atoms with Crippen molar-refractivity contribution < 1.29 is 76.1 Å². The van der Waals surface area contributed by atoms with E-state index in [0.29, 0.717) is 55.9 Å². The highest BCUT2D eigenvalue weighted by molar-refractivity contribution is 6.64. The monoisotopic (exact) mass is 1580 g/mol. The Morgan fingerprint density at radius 3 is 0.972 bits per heavy atom. The minimum absolute atomic E-state index is 0. The number of hydrogen-bond donors (Lipinski definition) is 5. The highest BCUT2D eigenvalue weighted by Crippen LogP contribution is 2.64. The molecule has 0 radical (unpaired) electrons. The summed E-state index contributed by atoms with van der Waals surface area (Å²) in [5.41, 5.74) is 11.6. The van der Waals surface area contributed by atoms with Crippen molar-refractivity contribution in [2.75, 3.05) is 25.0 Å². The molecule has 19 heteroatoms. The Bertz CT molecular complexity index is 3450. The highest BCUT2D eigenvalue weighted by Gasteiger charge is 2.58. The number of esters is 2. The highest BCUT2D eigenvalue weighted by atomic mass is 35.5. The molecule has 16 saturated carbocycles. The van der Waals surface area contributed by atoms with E-state index >= 15 is 0 Å². The number of benzene rings is 4. The van der Waals surface area contributed by atoms with Crippen molar-refractivity contribution in [3.63, 3.8) is 0 Å². The molecule has 8 N–H and O–H groups in total. The first kappa shape index (κ1) is 87.7. The molecule has 0 unspecified atom stereocenters. The Balaban J connectivity index is 0.000000162. The summed E-state index contributed by atoms with van der Waals surface area (Å²) in [4.78, 5) is 87.2. The maximum absolute atomic E-state index is 13.5. The van der Waals surface area contributed by atoms with E-state index in [1.807, 2.05) is 121 Å². The fourth-order valence-electron chi connectivity index (χ4n) is 23.7. The van der Waals surface area contributed by atoms with Crippen molar-refractivity contribution in [3.8, 4) is 0 Å².